The fraction of sp³-hybridized carbons (Fsp3) is 0.409. The summed E-state index contributed by atoms with van der Waals surface area (Å²) in [7, 11) is 1.49. The van der Waals surface area contributed by atoms with Gasteiger partial charge in [0.25, 0.3) is 5.82 Å². The lowest BCUT2D eigenvalue weighted by Crippen LogP contribution is -2.52. The van der Waals surface area contributed by atoms with E-state index in [0.717, 1.165) is 5.56 Å². The van der Waals surface area contributed by atoms with Gasteiger partial charge in [-0.2, -0.15) is 17.9 Å². The number of tetrazole rings is 1. The highest BCUT2D eigenvalue weighted by molar-refractivity contribution is 5.47. The van der Waals surface area contributed by atoms with Crippen LogP contribution in [-0.2, 0) is 15.7 Å². The Balaban J connectivity index is 1.48. The zero-order valence-corrected chi connectivity index (χ0v) is 18.1. The Labute approximate surface area is 191 Å². The highest BCUT2D eigenvalue weighted by atomic mass is 19.4. The zero-order valence-electron chi connectivity index (χ0n) is 18.1. The van der Waals surface area contributed by atoms with Gasteiger partial charge in [-0.15, -0.1) is 5.10 Å². The van der Waals surface area contributed by atoms with Gasteiger partial charge in [0.15, 0.2) is 5.79 Å². The second kappa shape index (κ2) is 8.60. The molecule has 1 N–H and O–H groups in total. The van der Waals surface area contributed by atoms with Crippen LogP contribution in [0.15, 0.2) is 42.5 Å². The molecule has 1 spiro atoms. The number of aromatic nitrogens is 4. The summed E-state index contributed by atoms with van der Waals surface area (Å²) in [4.78, 5) is 0. The molecule has 2 aliphatic rings. The highest BCUT2D eigenvalue weighted by Crippen LogP contribution is 2.48. The van der Waals surface area contributed by atoms with Crippen LogP contribution in [0, 0.1) is 5.82 Å². The Morgan fingerprint density at radius 2 is 1.94 bits per heavy atom. The van der Waals surface area contributed by atoms with Crippen molar-refractivity contribution < 1.29 is 31.8 Å². The van der Waals surface area contributed by atoms with E-state index in [9.17, 15) is 17.6 Å². The quantitative estimate of drug-likeness (QED) is 0.575. The summed E-state index contributed by atoms with van der Waals surface area (Å²) < 4.78 is 71.9. The van der Waals surface area contributed by atoms with E-state index in [1.54, 1.807) is 24.3 Å². The summed E-state index contributed by atoms with van der Waals surface area (Å²) in [6.07, 6.45) is -4.31. The summed E-state index contributed by atoms with van der Waals surface area (Å²) in [5, 5.41) is 13.2. The lowest BCUT2D eigenvalue weighted by Gasteiger charge is -2.41. The molecule has 3 unspecified atom stereocenters. The Kier molecular flexibility index (Phi) is 5.74. The minimum absolute atomic E-state index is 0.145. The second-order valence-corrected chi connectivity index (χ2v) is 8.15. The molecule has 2 saturated heterocycles. The summed E-state index contributed by atoms with van der Waals surface area (Å²) in [5.41, 5.74) is 1.60. The second-order valence-electron chi connectivity index (χ2n) is 8.15. The van der Waals surface area contributed by atoms with Crippen LogP contribution in [0.1, 0.15) is 35.3 Å². The molecule has 2 aliphatic heterocycles. The van der Waals surface area contributed by atoms with Crippen molar-refractivity contribution in [3.63, 3.8) is 0 Å². The monoisotopic (exact) mass is 479 g/mol. The van der Waals surface area contributed by atoms with Gasteiger partial charge in [-0.25, -0.2) is 4.39 Å². The number of alkyl halides is 3. The van der Waals surface area contributed by atoms with E-state index in [1.165, 1.54) is 25.3 Å². The van der Waals surface area contributed by atoms with Crippen molar-refractivity contribution in [2.75, 3.05) is 26.9 Å². The number of hydrogen-bond donors (Lipinski definition) is 1. The number of morpholine rings is 1. The fourth-order valence-electron chi connectivity index (χ4n) is 4.61. The van der Waals surface area contributed by atoms with Crippen LogP contribution in [0.2, 0.25) is 0 Å². The normalized spacial score (nSPS) is 25.1. The van der Waals surface area contributed by atoms with Crippen LogP contribution in [-0.4, -0.2) is 52.9 Å². The van der Waals surface area contributed by atoms with Gasteiger partial charge in [0.2, 0.25) is 0 Å². The Morgan fingerprint density at radius 1 is 1.15 bits per heavy atom. The molecule has 2 fully saturated rings. The van der Waals surface area contributed by atoms with Gasteiger partial charge >= 0.3 is 6.18 Å². The van der Waals surface area contributed by atoms with E-state index < -0.39 is 17.8 Å². The van der Waals surface area contributed by atoms with Crippen molar-refractivity contribution in [1.82, 2.24) is 25.5 Å². The first-order chi connectivity index (χ1) is 16.3. The van der Waals surface area contributed by atoms with Crippen LogP contribution < -0.4 is 10.1 Å². The van der Waals surface area contributed by atoms with Crippen LogP contribution in [0.4, 0.5) is 17.6 Å². The van der Waals surface area contributed by atoms with Crippen LogP contribution in [0.25, 0.3) is 5.69 Å². The topological polar surface area (TPSA) is 83.3 Å². The third kappa shape index (κ3) is 4.01. The largest absolute Gasteiger partial charge is 0.496 e. The number of nitrogens with zero attached hydrogens (tertiary/aromatic N) is 4. The third-order valence-electron chi connectivity index (χ3n) is 6.12. The van der Waals surface area contributed by atoms with Crippen molar-refractivity contribution in [2.24, 2.45) is 0 Å². The lowest BCUT2D eigenvalue weighted by molar-refractivity contribution is -0.245. The van der Waals surface area contributed by atoms with Crippen molar-refractivity contribution >= 4 is 0 Å². The third-order valence-corrected chi connectivity index (χ3v) is 6.12. The van der Waals surface area contributed by atoms with Gasteiger partial charge < -0.3 is 19.5 Å². The van der Waals surface area contributed by atoms with Gasteiger partial charge in [-0.05, 0) is 46.3 Å². The lowest BCUT2D eigenvalue weighted by atomic mass is 9.87. The molecule has 0 aliphatic carbocycles. The molecule has 180 valence electrons. The van der Waals surface area contributed by atoms with Gasteiger partial charge in [0.05, 0.1) is 32.1 Å². The van der Waals surface area contributed by atoms with Crippen LogP contribution in [0.5, 0.6) is 5.75 Å². The highest BCUT2D eigenvalue weighted by Gasteiger charge is 2.51. The number of ether oxygens (including phenoxy) is 3. The SMILES string of the molecule is COc1ccc(-n2nnnc2C(F)(F)F)cc1C1COC2(C1)OCCNC2c1ccc(F)cc1. The Hall–Kier alpha value is -3.09. The number of methoxy groups -OCH3 is 1. The molecular formula is C22H21F4N5O3. The predicted molar refractivity (Wildman–Crippen MR) is 110 cm³/mol. The molecule has 12 heteroatoms. The van der Waals surface area contributed by atoms with Crippen molar-refractivity contribution in [3.05, 3.63) is 65.2 Å². The van der Waals surface area contributed by atoms with Gasteiger partial charge in [-0.1, -0.05) is 12.1 Å². The van der Waals surface area contributed by atoms with Crippen molar-refractivity contribution in [3.8, 4) is 11.4 Å². The smallest absolute Gasteiger partial charge is 0.453 e. The van der Waals surface area contributed by atoms with Gasteiger partial charge in [-0.3, -0.25) is 0 Å². The van der Waals surface area contributed by atoms with Gasteiger partial charge in [0.1, 0.15) is 11.6 Å². The first kappa shape index (κ1) is 22.7. The van der Waals surface area contributed by atoms with E-state index in [1.807, 2.05) is 0 Å². The Bertz CT molecular complexity index is 1170. The van der Waals surface area contributed by atoms with E-state index in [4.69, 9.17) is 14.2 Å². The molecule has 3 aromatic rings. The molecule has 34 heavy (non-hydrogen) atoms. The van der Waals surface area contributed by atoms with E-state index in [2.05, 4.69) is 20.8 Å². The first-order valence-electron chi connectivity index (χ1n) is 10.6. The predicted octanol–water partition coefficient (Wildman–Crippen LogP) is 3.39. The number of benzene rings is 2. The molecule has 3 atom stereocenters. The average Bonchev–Trinajstić information content (AvgIpc) is 3.48. The number of rotatable bonds is 4. The molecule has 0 amide bonds. The maximum Gasteiger partial charge on any atom is 0.453 e. The fourth-order valence-corrected chi connectivity index (χ4v) is 4.61. The summed E-state index contributed by atoms with van der Waals surface area (Å²) >= 11 is 0. The summed E-state index contributed by atoms with van der Waals surface area (Å²) in [6, 6.07) is 10.4. The van der Waals surface area contributed by atoms with E-state index in [-0.39, 0.29) is 30.1 Å². The summed E-state index contributed by atoms with van der Waals surface area (Å²) in [6.45, 7) is 1.26. The molecule has 3 heterocycles. The maximum absolute atomic E-state index is 13.5. The molecule has 8 nitrogen and oxygen atoms in total. The molecule has 0 radical (unpaired) electrons. The minimum Gasteiger partial charge on any atom is -0.496 e. The molecule has 0 bridgehead atoms. The van der Waals surface area contributed by atoms with Crippen LogP contribution in [0.3, 0.4) is 0 Å². The molecule has 1 aromatic heterocycles. The van der Waals surface area contributed by atoms with Gasteiger partial charge in [0, 0.05) is 24.4 Å². The van der Waals surface area contributed by atoms with Crippen molar-refractivity contribution in [1.29, 1.82) is 0 Å². The number of halogens is 4. The van der Waals surface area contributed by atoms with Crippen molar-refractivity contribution in [2.45, 2.75) is 30.3 Å². The standard InChI is InChI=1S/C22H21F4N5O3/c1-32-18-7-6-16(31-20(22(24,25)26)28-29-30-31)10-17(18)14-11-21(34-12-14)19(27-8-9-33-21)13-2-4-15(23)5-3-13/h2-7,10,14,19,27H,8-9,11-12H2,1H3. The average molecular weight is 479 g/mol. The van der Waals surface area contributed by atoms with E-state index >= 15 is 0 Å². The summed E-state index contributed by atoms with van der Waals surface area (Å²) in [5.74, 6) is -2.34. The molecular weight excluding hydrogens is 458 g/mol. The maximum atomic E-state index is 13.5. The molecule has 2 aromatic carbocycles. The zero-order chi connectivity index (χ0) is 23.9. The molecule has 0 saturated carbocycles. The van der Waals surface area contributed by atoms with E-state index in [0.29, 0.717) is 35.6 Å². The molecule has 5 rings (SSSR count). The number of hydrogen-bond acceptors (Lipinski definition) is 7. The Morgan fingerprint density at radius 3 is 2.68 bits per heavy atom. The van der Waals surface area contributed by atoms with Crippen LogP contribution >= 0.6 is 0 Å². The number of nitrogens with one attached hydrogen (secondary N) is 1. The minimum atomic E-state index is -4.71. The first-order valence-corrected chi connectivity index (χ1v) is 10.6.